The van der Waals surface area contributed by atoms with Crippen molar-refractivity contribution in [1.82, 2.24) is 0 Å². The van der Waals surface area contributed by atoms with Gasteiger partial charge in [-0.15, -0.1) is 0 Å². The highest BCUT2D eigenvalue weighted by Crippen LogP contribution is 2.23. The van der Waals surface area contributed by atoms with Crippen molar-refractivity contribution in [3.05, 3.63) is 66.2 Å². The van der Waals surface area contributed by atoms with E-state index >= 15 is 0 Å². The summed E-state index contributed by atoms with van der Waals surface area (Å²) < 4.78 is 0. The van der Waals surface area contributed by atoms with E-state index in [0.717, 1.165) is 27.7 Å². The maximum Gasteiger partial charge on any atom is 0.323 e. The van der Waals surface area contributed by atoms with E-state index in [1.165, 1.54) is 0 Å². The van der Waals surface area contributed by atoms with Gasteiger partial charge in [0.05, 0.1) is 5.69 Å². The third-order valence-electron chi connectivity index (χ3n) is 3.54. The van der Waals surface area contributed by atoms with Crippen molar-refractivity contribution >= 4 is 33.9 Å². The molecule has 4 N–H and O–H groups in total. The Labute approximate surface area is 129 Å². The number of anilines is 3. The third kappa shape index (κ3) is 2.86. The lowest BCUT2D eigenvalue weighted by atomic mass is 10.1. The van der Waals surface area contributed by atoms with Gasteiger partial charge in [-0.2, -0.15) is 0 Å². The molecular weight excluding hydrogens is 274 g/mol. The van der Waals surface area contributed by atoms with E-state index in [-0.39, 0.29) is 6.03 Å². The molecule has 22 heavy (non-hydrogen) atoms. The standard InChI is InChI=1S/C18H17N3O/c1-12-11-14(19)9-10-16(12)20-18(22)21-17-8-4-6-13-5-2-3-7-15(13)17/h2-11H,19H2,1H3,(H2,20,21,22). The summed E-state index contributed by atoms with van der Waals surface area (Å²) >= 11 is 0. The molecule has 3 rings (SSSR count). The zero-order valence-electron chi connectivity index (χ0n) is 12.3. The molecule has 3 aromatic carbocycles. The highest BCUT2D eigenvalue weighted by Gasteiger charge is 2.07. The lowest BCUT2D eigenvalue weighted by molar-refractivity contribution is 0.262. The van der Waals surface area contributed by atoms with Gasteiger partial charge in [-0.1, -0.05) is 36.4 Å². The molecule has 110 valence electrons. The van der Waals surface area contributed by atoms with Crippen LogP contribution in [0.15, 0.2) is 60.7 Å². The Balaban J connectivity index is 1.81. The average molecular weight is 291 g/mol. The van der Waals surface area contributed by atoms with Gasteiger partial charge in [0.25, 0.3) is 0 Å². The number of aryl methyl sites for hydroxylation is 1. The third-order valence-corrected chi connectivity index (χ3v) is 3.54. The zero-order chi connectivity index (χ0) is 15.5. The number of rotatable bonds is 2. The number of nitrogens with one attached hydrogen (secondary N) is 2. The van der Waals surface area contributed by atoms with Crippen molar-refractivity contribution < 1.29 is 4.79 Å². The number of amides is 2. The monoisotopic (exact) mass is 291 g/mol. The Morgan fingerprint density at radius 3 is 2.45 bits per heavy atom. The number of urea groups is 1. The van der Waals surface area contributed by atoms with Crippen LogP contribution >= 0.6 is 0 Å². The number of carbonyl (C=O) groups excluding carboxylic acids is 1. The predicted octanol–water partition coefficient (Wildman–Crippen LogP) is 4.37. The van der Waals surface area contributed by atoms with Gasteiger partial charge >= 0.3 is 6.03 Å². The van der Waals surface area contributed by atoms with Crippen molar-refractivity contribution in [1.29, 1.82) is 0 Å². The Hall–Kier alpha value is -3.01. The molecule has 0 aliphatic heterocycles. The number of nitrogens with two attached hydrogens (primary N) is 1. The van der Waals surface area contributed by atoms with Gasteiger partial charge in [0.2, 0.25) is 0 Å². The van der Waals surface area contributed by atoms with Crippen molar-refractivity contribution in [3.8, 4) is 0 Å². The first-order valence-corrected chi connectivity index (χ1v) is 7.05. The molecule has 0 aliphatic carbocycles. The summed E-state index contributed by atoms with van der Waals surface area (Å²) in [6, 6.07) is 18.9. The molecule has 0 aliphatic rings. The molecule has 0 saturated carbocycles. The summed E-state index contributed by atoms with van der Waals surface area (Å²) in [6.07, 6.45) is 0. The zero-order valence-corrected chi connectivity index (χ0v) is 12.3. The van der Waals surface area contributed by atoms with E-state index in [9.17, 15) is 4.79 Å². The van der Waals surface area contributed by atoms with Gasteiger partial charge in [-0.05, 0) is 42.1 Å². The van der Waals surface area contributed by atoms with E-state index in [4.69, 9.17) is 5.73 Å². The van der Waals surface area contributed by atoms with Crippen LogP contribution < -0.4 is 16.4 Å². The maximum atomic E-state index is 12.2. The highest BCUT2D eigenvalue weighted by molar-refractivity contribution is 6.06. The minimum Gasteiger partial charge on any atom is -0.399 e. The number of hydrogen-bond acceptors (Lipinski definition) is 2. The lowest BCUT2D eigenvalue weighted by Gasteiger charge is -2.12. The van der Waals surface area contributed by atoms with Gasteiger partial charge < -0.3 is 16.4 Å². The quantitative estimate of drug-likeness (QED) is 0.613. The fourth-order valence-electron chi connectivity index (χ4n) is 2.44. The fraction of sp³-hybridized carbons (Fsp3) is 0.0556. The second kappa shape index (κ2) is 5.77. The molecule has 0 spiro atoms. The molecule has 0 aromatic heterocycles. The topological polar surface area (TPSA) is 67.1 Å². The predicted molar refractivity (Wildman–Crippen MR) is 92.2 cm³/mol. The first kappa shape index (κ1) is 13.9. The van der Waals surface area contributed by atoms with E-state index in [1.54, 1.807) is 12.1 Å². The number of hydrogen-bond donors (Lipinski definition) is 3. The summed E-state index contributed by atoms with van der Waals surface area (Å²) in [5, 5.41) is 7.83. The minimum absolute atomic E-state index is 0.274. The van der Waals surface area contributed by atoms with Gasteiger partial charge in [0.1, 0.15) is 0 Å². The number of nitrogen functional groups attached to an aromatic ring is 1. The summed E-state index contributed by atoms with van der Waals surface area (Å²) in [5.41, 5.74) is 8.84. The number of carbonyl (C=O) groups is 1. The van der Waals surface area contributed by atoms with Crippen LogP contribution in [-0.4, -0.2) is 6.03 Å². The summed E-state index contributed by atoms with van der Waals surface area (Å²) in [7, 11) is 0. The summed E-state index contributed by atoms with van der Waals surface area (Å²) in [4.78, 5) is 12.2. The Morgan fingerprint density at radius 1 is 0.909 bits per heavy atom. The summed E-state index contributed by atoms with van der Waals surface area (Å²) in [6.45, 7) is 1.91. The Kier molecular flexibility index (Phi) is 3.66. The Bertz CT molecular complexity index is 837. The molecule has 0 atom stereocenters. The first-order chi connectivity index (χ1) is 10.6. The number of fused-ring (bicyclic) bond motifs is 1. The normalized spacial score (nSPS) is 10.4. The maximum absolute atomic E-state index is 12.2. The van der Waals surface area contributed by atoms with Crippen LogP contribution in [0.5, 0.6) is 0 Å². The average Bonchev–Trinajstić information content (AvgIpc) is 2.50. The molecule has 0 heterocycles. The van der Waals surface area contributed by atoms with Crippen LogP contribution in [0.1, 0.15) is 5.56 Å². The molecule has 0 bridgehead atoms. The van der Waals surface area contributed by atoms with Crippen LogP contribution in [0.3, 0.4) is 0 Å². The SMILES string of the molecule is Cc1cc(N)ccc1NC(=O)Nc1cccc2ccccc12. The van der Waals surface area contributed by atoms with Crippen molar-refractivity contribution in [2.75, 3.05) is 16.4 Å². The largest absolute Gasteiger partial charge is 0.399 e. The van der Waals surface area contributed by atoms with Gasteiger partial charge in [-0.25, -0.2) is 4.79 Å². The van der Waals surface area contributed by atoms with Crippen LogP contribution in [-0.2, 0) is 0 Å². The van der Waals surface area contributed by atoms with Gasteiger partial charge in [-0.3, -0.25) is 0 Å². The molecule has 0 fully saturated rings. The molecular formula is C18H17N3O. The smallest absolute Gasteiger partial charge is 0.323 e. The Morgan fingerprint density at radius 2 is 1.64 bits per heavy atom. The van der Waals surface area contributed by atoms with Crippen LogP contribution in [0.4, 0.5) is 21.9 Å². The van der Waals surface area contributed by atoms with Crippen molar-refractivity contribution in [2.24, 2.45) is 0 Å². The number of benzene rings is 3. The van der Waals surface area contributed by atoms with Gasteiger partial charge in [0, 0.05) is 16.8 Å². The molecule has 3 aromatic rings. The molecule has 0 radical (unpaired) electrons. The molecule has 0 unspecified atom stereocenters. The highest BCUT2D eigenvalue weighted by atomic mass is 16.2. The van der Waals surface area contributed by atoms with Crippen molar-refractivity contribution in [3.63, 3.8) is 0 Å². The second-order valence-electron chi connectivity index (χ2n) is 5.18. The lowest BCUT2D eigenvalue weighted by Crippen LogP contribution is -2.20. The minimum atomic E-state index is -0.274. The first-order valence-electron chi connectivity index (χ1n) is 7.05. The second-order valence-corrected chi connectivity index (χ2v) is 5.18. The van der Waals surface area contributed by atoms with Crippen LogP contribution in [0.25, 0.3) is 10.8 Å². The van der Waals surface area contributed by atoms with Crippen LogP contribution in [0.2, 0.25) is 0 Å². The molecule has 2 amide bonds. The van der Waals surface area contributed by atoms with E-state index in [2.05, 4.69) is 10.6 Å². The molecule has 4 heteroatoms. The fourth-order valence-corrected chi connectivity index (χ4v) is 2.44. The van der Waals surface area contributed by atoms with E-state index in [0.29, 0.717) is 5.69 Å². The van der Waals surface area contributed by atoms with Crippen LogP contribution in [0, 0.1) is 6.92 Å². The van der Waals surface area contributed by atoms with Gasteiger partial charge in [0.15, 0.2) is 0 Å². The van der Waals surface area contributed by atoms with E-state index in [1.807, 2.05) is 55.5 Å². The molecule has 4 nitrogen and oxygen atoms in total. The molecule has 0 saturated heterocycles. The summed E-state index contributed by atoms with van der Waals surface area (Å²) in [5.74, 6) is 0. The van der Waals surface area contributed by atoms with Crippen molar-refractivity contribution in [2.45, 2.75) is 6.92 Å². The van der Waals surface area contributed by atoms with E-state index < -0.39 is 0 Å².